The van der Waals surface area contributed by atoms with Crippen molar-refractivity contribution < 1.29 is 13.5 Å². The Morgan fingerprint density at radius 2 is 1.87 bits per heavy atom. The first kappa shape index (κ1) is 18.2. The van der Waals surface area contributed by atoms with Gasteiger partial charge in [0.15, 0.2) is 0 Å². The average Bonchev–Trinajstić information content (AvgIpc) is 3.40. The Labute approximate surface area is 174 Å². The molecule has 4 aromatic rings. The summed E-state index contributed by atoms with van der Waals surface area (Å²) in [7, 11) is 0. The number of rotatable bonds is 4. The predicted octanol–water partition coefficient (Wildman–Crippen LogP) is 2.68. The number of nitrogens with zero attached hydrogens (tertiary/aromatic N) is 6. The van der Waals surface area contributed by atoms with Crippen molar-refractivity contribution in [2.75, 3.05) is 0 Å². The lowest BCUT2D eigenvalue weighted by atomic mass is 9.89. The lowest BCUT2D eigenvalue weighted by Gasteiger charge is -2.34. The predicted molar refractivity (Wildman–Crippen MR) is 105 cm³/mol. The quantitative estimate of drug-likeness (QED) is 0.503. The van der Waals surface area contributed by atoms with Gasteiger partial charge in [-0.25, -0.2) is 28.2 Å². The maximum absolute atomic E-state index is 13.7. The largest absolute Gasteiger partial charge is 0.461 e. The van der Waals surface area contributed by atoms with E-state index in [-0.39, 0.29) is 17.8 Å². The van der Waals surface area contributed by atoms with Crippen LogP contribution in [0.2, 0.25) is 0 Å². The number of benzene rings is 1. The summed E-state index contributed by atoms with van der Waals surface area (Å²) >= 11 is 0. The summed E-state index contributed by atoms with van der Waals surface area (Å²) in [5, 5.41) is 4.51. The highest BCUT2D eigenvalue weighted by molar-refractivity contribution is 5.38. The number of hydrogen-bond donors (Lipinski definition) is 0. The van der Waals surface area contributed by atoms with Gasteiger partial charge in [-0.15, -0.1) is 0 Å². The van der Waals surface area contributed by atoms with Crippen LogP contribution < -0.4 is 10.4 Å². The zero-order valence-electron chi connectivity index (χ0n) is 16.4. The van der Waals surface area contributed by atoms with Crippen LogP contribution in [0.25, 0.3) is 5.65 Å². The molecular formula is C21H18F2N6O2. The molecular weight excluding hydrogens is 406 g/mol. The van der Waals surface area contributed by atoms with Crippen LogP contribution in [0.15, 0.2) is 47.7 Å². The van der Waals surface area contributed by atoms with Crippen LogP contribution in [0.3, 0.4) is 0 Å². The minimum atomic E-state index is -0.649. The van der Waals surface area contributed by atoms with E-state index in [0.29, 0.717) is 43.1 Å². The van der Waals surface area contributed by atoms with Crippen LogP contribution in [0.1, 0.15) is 42.7 Å². The van der Waals surface area contributed by atoms with Gasteiger partial charge in [-0.05, 0) is 30.2 Å². The second-order valence-corrected chi connectivity index (χ2v) is 8.02. The van der Waals surface area contributed by atoms with Crippen molar-refractivity contribution in [2.45, 2.75) is 43.9 Å². The summed E-state index contributed by atoms with van der Waals surface area (Å²) < 4.78 is 38.2. The molecule has 0 saturated heterocycles. The summed E-state index contributed by atoms with van der Waals surface area (Å²) in [5.41, 5.74) is 0.954. The van der Waals surface area contributed by atoms with Crippen molar-refractivity contribution >= 4 is 5.65 Å². The van der Waals surface area contributed by atoms with E-state index in [4.69, 9.17) is 4.74 Å². The van der Waals surface area contributed by atoms with E-state index in [9.17, 15) is 13.6 Å². The molecule has 0 unspecified atom stereocenters. The van der Waals surface area contributed by atoms with Crippen LogP contribution in [-0.2, 0) is 6.42 Å². The molecule has 10 heteroatoms. The SMILES string of the molecule is O=c1n2c(nn1[C@H]1C[C@H](Oc3nccc4nccn34)C1)CC[C@H]2c1cc(F)cc(F)c1. The highest BCUT2D eigenvalue weighted by atomic mass is 19.1. The molecule has 1 atom stereocenters. The first-order valence-corrected chi connectivity index (χ1v) is 10.2. The average molecular weight is 424 g/mol. The topological polar surface area (TPSA) is 79.2 Å². The van der Waals surface area contributed by atoms with Crippen molar-refractivity contribution in [3.8, 4) is 6.01 Å². The molecule has 31 heavy (non-hydrogen) atoms. The molecule has 0 N–H and O–H groups in total. The van der Waals surface area contributed by atoms with E-state index < -0.39 is 17.7 Å². The fourth-order valence-corrected chi connectivity index (χ4v) is 4.54. The third-order valence-corrected chi connectivity index (χ3v) is 6.10. The number of ether oxygens (including phenoxy) is 1. The van der Waals surface area contributed by atoms with Crippen molar-refractivity contribution in [3.63, 3.8) is 0 Å². The molecule has 0 amide bonds. The second kappa shape index (κ2) is 6.73. The Morgan fingerprint density at radius 3 is 2.68 bits per heavy atom. The number of halogens is 2. The van der Waals surface area contributed by atoms with E-state index in [1.54, 1.807) is 33.6 Å². The fraction of sp³-hybridized carbons (Fsp3) is 0.333. The molecule has 8 nitrogen and oxygen atoms in total. The van der Waals surface area contributed by atoms with Gasteiger partial charge in [0.2, 0.25) is 0 Å². The van der Waals surface area contributed by atoms with E-state index in [1.807, 2.05) is 0 Å². The number of aryl methyl sites for hydroxylation is 1. The molecule has 158 valence electrons. The summed E-state index contributed by atoms with van der Waals surface area (Å²) in [4.78, 5) is 21.5. The van der Waals surface area contributed by atoms with Crippen LogP contribution in [0, 0.1) is 11.6 Å². The summed E-state index contributed by atoms with van der Waals surface area (Å²) in [6.07, 6.45) is 7.47. The van der Waals surface area contributed by atoms with Gasteiger partial charge in [-0.3, -0.25) is 8.97 Å². The standard InChI is InChI=1S/C21H18F2N6O2/c22-13-7-12(8-14(23)9-13)17-1-2-19-26-29(21(30)28(17)19)15-10-16(11-15)31-20-25-4-3-18-24-5-6-27(18)20/h3-9,15-17H,1-2,10-11H2/t15-,16-,17-/m0/s1. The summed E-state index contributed by atoms with van der Waals surface area (Å²) in [6, 6.07) is 5.17. The van der Waals surface area contributed by atoms with Gasteiger partial charge < -0.3 is 4.74 Å². The molecule has 4 heterocycles. The van der Waals surface area contributed by atoms with Crippen molar-refractivity contribution in [2.24, 2.45) is 0 Å². The van der Waals surface area contributed by atoms with Gasteiger partial charge >= 0.3 is 11.7 Å². The Kier molecular flexibility index (Phi) is 3.95. The molecule has 0 spiro atoms. The Bertz CT molecular complexity index is 1330. The minimum Gasteiger partial charge on any atom is -0.461 e. The number of imidazole rings is 1. The normalized spacial score (nSPS) is 22.5. The van der Waals surface area contributed by atoms with Gasteiger partial charge in [0.25, 0.3) is 0 Å². The fourth-order valence-electron chi connectivity index (χ4n) is 4.54. The van der Waals surface area contributed by atoms with Crippen LogP contribution in [-0.4, -0.2) is 34.8 Å². The third kappa shape index (κ3) is 2.93. The van der Waals surface area contributed by atoms with Gasteiger partial charge in [0, 0.05) is 43.9 Å². The van der Waals surface area contributed by atoms with E-state index >= 15 is 0 Å². The highest BCUT2D eigenvalue weighted by Gasteiger charge is 2.38. The molecule has 3 aromatic heterocycles. The Hall–Kier alpha value is -3.56. The number of aromatic nitrogens is 6. The first-order valence-electron chi connectivity index (χ1n) is 10.2. The van der Waals surface area contributed by atoms with E-state index in [1.165, 1.54) is 16.8 Å². The molecule has 1 aliphatic heterocycles. The van der Waals surface area contributed by atoms with E-state index in [2.05, 4.69) is 15.1 Å². The highest BCUT2D eigenvalue weighted by Crippen LogP contribution is 2.36. The molecule has 0 radical (unpaired) electrons. The number of hydrogen-bond acceptors (Lipinski definition) is 5. The smallest absolute Gasteiger partial charge is 0.346 e. The van der Waals surface area contributed by atoms with Crippen molar-refractivity contribution in [1.29, 1.82) is 0 Å². The monoisotopic (exact) mass is 424 g/mol. The maximum atomic E-state index is 13.7. The van der Waals surface area contributed by atoms with Gasteiger partial charge in [0.05, 0.1) is 12.1 Å². The molecule has 2 aliphatic rings. The van der Waals surface area contributed by atoms with Crippen LogP contribution in [0.5, 0.6) is 6.01 Å². The molecule has 1 aromatic carbocycles. The Morgan fingerprint density at radius 1 is 1.06 bits per heavy atom. The minimum absolute atomic E-state index is 0.0810. The zero-order valence-corrected chi connectivity index (χ0v) is 16.4. The van der Waals surface area contributed by atoms with E-state index in [0.717, 1.165) is 11.7 Å². The second-order valence-electron chi connectivity index (χ2n) is 8.02. The lowest BCUT2D eigenvalue weighted by Crippen LogP contribution is -2.41. The zero-order chi connectivity index (χ0) is 21.1. The Balaban J connectivity index is 1.21. The third-order valence-electron chi connectivity index (χ3n) is 6.10. The maximum Gasteiger partial charge on any atom is 0.346 e. The first-order chi connectivity index (χ1) is 15.1. The van der Waals surface area contributed by atoms with Crippen molar-refractivity contribution in [1.82, 2.24) is 28.7 Å². The van der Waals surface area contributed by atoms with Gasteiger partial charge in [-0.1, -0.05) is 0 Å². The lowest BCUT2D eigenvalue weighted by molar-refractivity contribution is 0.0531. The summed E-state index contributed by atoms with van der Waals surface area (Å²) in [6.45, 7) is 0. The van der Waals surface area contributed by atoms with Gasteiger partial charge in [-0.2, -0.15) is 5.10 Å². The number of fused-ring (bicyclic) bond motifs is 2. The molecule has 6 rings (SSSR count). The molecule has 0 bridgehead atoms. The molecule has 1 fully saturated rings. The van der Waals surface area contributed by atoms with Crippen LogP contribution >= 0.6 is 0 Å². The summed E-state index contributed by atoms with van der Waals surface area (Å²) in [5.74, 6) is -0.650. The van der Waals surface area contributed by atoms with Crippen molar-refractivity contribution in [3.05, 3.63) is 76.4 Å². The molecule has 1 aliphatic carbocycles. The molecule has 1 saturated carbocycles. The van der Waals surface area contributed by atoms with Crippen LogP contribution in [0.4, 0.5) is 8.78 Å². The van der Waals surface area contributed by atoms with Gasteiger partial charge in [0.1, 0.15) is 29.2 Å².